The lowest BCUT2D eigenvalue weighted by molar-refractivity contribution is -0.132. The van der Waals surface area contributed by atoms with E-state index in [1.54, 1.807) is 0 Å². The number of aliphatic imine (C=N–C) groups is 1. The molecule has 2 rings (SSSR count). The first-order chi connectivity index (χ1) is 8.03. The summed E-state index contributed by atoms with van der Waals surface area (Å²) >= 11 is 5.51. The van der Waals surface area contributed by atoms with Crippen LogP contribution in [0.25, 0.3) is 0 Å². The fourth-order valence-electron chi connectivity index (χ4n) is 1.92. The van der Waals surface area contributed by atoms with E-state index in [1.165, 1.54) is 11.2 Å². The molecule has 0 bridgehead atoms. The third-order valence-corrected chi connectivity index (χ3v) is 4.65. The molecular formula is C8H11ClN4O3S. The maximum atomic E-state index is 11.7. The minimum Gasteiger partial charge on any atom is -0.295 e. The predicted octanol–water partition coefficient (Wildman–Crippen LogP) is 0.0186. The second-order valence-electron chi connectivity index (χ2n) is 3.83. The highest BCUT2D eigenvalue weighted by molar-refractivity contribution is 7.91. The van der Waals surface area contributed by atoms with E-state index in [2.05, 4.69) is 15.2 Å². The molecule has 0 N–H and O–H groups in total. The molecular weight excluding hydrogens is 268 g/mol. The average Bonchev–Trinajstić information content (AvgIpc) is 2.89. The van der Waals surface area contributed by atoms with Crippen molar-refractivity contribution in [2.24, 2.45) is 15.2 Å². The van der Waals surface area contributed by atoms with Crippen molar-refractivity contribution in [2.75, 3.05) is 17.4 Å². The Morgan fingerprint density at radius 1 is 1.53 bits per heavy atom. The summed E-state index contributed by atoms with van der Waals surface area (Å²) in [5.74, 6) is -0.580. The van der Waals surface area contributed by atoms with E-state index in [1.807, 2.05) is 0 Å². The molecule has 0 radical (unpaired) electrons. The lowest BCUT2D eigenvalue weighted by Crippen LogP contribution is -2.46. The highest BCUT2D eigenvalue weighted by Crippen LogP contribution is 2.22. The largest absolute Gasteiger partial charge is 0.295 e. The zero-order chi connectivity index (χ0) is 12.5. The summed E-state index contributed by atoms with van der Waals surface area (Å²) in [6.45, 7) is 0. The van der Waals surface area contributed by atoms with Crippen molar-refractivity contribution in [3.63, 3.8) is 0 Å². The summed E-state index contributed by atoms with van der Waals surface area (Å²) in [5.41, 5.74) is 0. The molecule has 94 valence electrons. The molecule has 0 unspecified atom stereocenters. The third kappa shape index (κ3) is 2.63. The van der Waals surface area contributed by atoms with Gasteiger partial charge in [-0.3, -0.25) is 9.69 Å². The van der Waals surface area contributed by atoms with Gasteiger partial charge in [-0.1, -0.05) is 0 Å². The highest BCUT2D eigenvalue weighted by atomic mass is 35.5. The zero-order valence-corrected chi connectivity index (χ0v) is 10.4. The van der Waals surface area contributed by atoms with Gasteiger partial charge >= 0.3 is 0 Å². The van der Waals surface area contributed by atoms with Crippen LogP contribution in [-0.2, 0) is 14.6 Å². The molecule has 1 saturated heterocycles. The van der Waals surface area contributed by atoms with Gasteiger partial charge in [0, 0.05) is 0 Å². The SMILES string of the molecule is O=C(CCl)N([C@H]1CCS(=O)(=O)C1)[C@H]1N=CN=N1. The Kier molecular flexibility index (Phi) is 3.43. The van der Waals surface area contributed by atoms with Crippen LogP contribution in [0.15, 0.2) is 15.2 Å². The lowest BCUT2D eigenvalue weighted by Gasteiger charge is -2.28. The highest BCUT2D eigenvalue weighted by Gasteiger charge is 2.38. The molecule has 0 aromatic heterocycles. The second kappa shape index (κ2) is 4.69. The molecule has 17 heavy (non-hydrogen) atoms. The van der Waals surface area contributed by atoms with Gasteiger partial charge in [0.2, 0.25) is 12.2 Å². The van der Waals surface area contributed by atoms with Crippen LogP contribution in [0.1, 0.15) is 6.42 Å². The molecule has 0 spiro atoms. The van der Waals surface area contributed by atoms with Gasteiger partial charge in [0.15, 0.2) is 9.84 Å². The van der Waals surface area contributed by atoms with E-state index in [0.717, 1.165) is 0 Å². The minimum atomic E-state index is -3.07. The van der Waals surface area contributed by atoms with E-state index < -0.39 is 22.2 Å². The first-order valence-electron chi connectivity index (χ1n) is 5.02. The minimum absolute atomic E-state index is 0.0584. The fraction of sp³-hybridized carbons (Fsp3) is 0.750. The molecule has 2 heterocycles. The number of sulfone groups is 1. The van der Waals surface area contributed by atoms with Gasteiger partial charge in [0.05, 0.1) is 17.5 Å². The quantitative estimate of drug-likeness (QED) is 0.681. The molecule has 9 heteroatoms. The standard InChI is InChI=1S/C8H11ClN4O3S/c9-3-7(14)13(8-10-5-11-12-8)6-1-2-17(15,16)4-6/h5-6,8H,1-4H2/t6-,8-/m0/s1. The van der Waals surface area contributed by atoms with Gasteiger partial charge in [-0.25, -0.2) is 13.4 Å². The summed E-state index contributed by atoms with van der Waals surface area (Å²) in [7, 11) is -3.07. The normalized spacial score (nSPS) is 29.7. The molecule has 0 aromatic carbocycles. The van der Waals surface area contributed by atoms with E-state index in [9.17, 15) is 13.2 Å². The number of halogens is 1. The van der Waals surface area contributed by atoms with E-state index in [0.29, 0.717) is 6.42 Å². The number of hydrogen-bond acceptors (Lipinski definition) is 6. The van der Waals surface area contributed by atoms with Gasteiger partial charge in [0.25, 0.3) is 0 Å². The zero-order valence-electron chi connectivity index (χ0n) is 8.86. The predicted molar refractivity (Wildman–Crippen MR) is 61.8 cm³/mol. The van der Waals surface area contributed by atoms with Crippen LogP contribution in [0.4, 0.5) is 0 Å². The smallest absolute Gasteiger partial charge is 0.240 e. The van der Waals surface area contributed by atoms with Crippen LogP contribution in [0.3, 0.4) is 0 Å². The lowest BCUT2D eigenvalue weighted by atomic mass is 10.2. The van der Waals surface area contributed by atoms with Crippen LogP contribution in [0.2, 0.25) is 0 Å². The van der Waals surface area contributed by atoms with Crippen LogP contribution >= 0.6 is 11.6 Å². The molecule has 7 nitrogen and oxygen atoms in total. The second-order valence-corrected chi connectivity index (χ2v) is 6.33. The fourth-order valence-corrected chi connectivity index (χ4v) is 3.77. The summed E-state index contributed by atoms with van der Waals surface area (Å²) in [6, 6.07) is -0.412. The number of carbonyl (C=O) groups excluding carboxylic acids is 1. The topological polar surface area (TPSA) is 91.5 Å². The molecule has 0 aromatic rings. The molecule has 2 atom stereocenters. The summed E-state index contributed by atoms with van der Waals surface area (Å²) in [4.78, 5) is 16.9. The van der Waals surface area contributed by atoms with Crippen molar-refractivity contribution < 1.29 is 13.2 Å². The van der Waals surface area contributed by atoms with Crippen LogP contribution in [-0.4, -0.2) is 55.3 Å². The Labute approximate surface area is 103 Å². The Morgan fingerprint density at radius 3 is 2.76 bits per heavy atom. The Bertz CT molecular complexity index is 463. The Balaban J connectivity index is 2.19. The van der Waals surface area contributed by atoms with Crippen molar-refractivity contribution in [3.05, 3.63) is 0 Å². The molecule has 1 amide bonds. The van der Waals surface area contributed by atoms with Gasteiger partial charge in [0.1, 0.15) is 12.2 Å². The van der Waals surface area contributed by atoms with Gasteiger partial charge in [-0.05, 0) is 6.42 Å². The maximum Gasteiger partial charge on any atom is 0.240 e. The molecule has 0 saturated carbocycles. The van der Waals surface area contributed by atoms with Crippen LogP contribution in [0, 0.1) is 0 Å². The number of hydrogen-bond donors (Lipinski definition) is 0. The van der Waals surface area contributed by atoms with E-state index >= 15 is 0 Å². The Morgan fingerprint density at radius 2 is 2.29 bits per heavy atom. The number of amides is 1. The molecule has 0 aliphatic carbocycles. The number of carbonyl (C=O) groups is 1. The van der Waals surface area contributed by atoms with Gasteiger partial charge in [-0.15, -0.1) is 21.8 Å². The van der Waals surface area contributed by atoms with Crippen molar-refractivity contribution in [1.82, 2.24) is 4.90 Å². The molecule has 2 aliphatic heterocycles. The molecule has 2 aliphatic rings. The monoisotopic (exact) mass is 278 g/mol. The van der Waals surface area contributed by atoms with Crippen molar-refractivity contribution in [3.8, 4) is 0 Å². The maximum absolute atomic E-state index is 11.7. The number of azo groups is 1. The van der Waals surface area contributed by atoms with E-state index in [-0.39, 0.29) is 23.3 Å². The third-order valence-electron chi connectivity index (χ3n) is 2.67. The summed E-state index contributed by atoms with van der Waals surface area (Å²) in [5, 5.41) is 7.31. The average molecular weight is 279 g/mol. The Hall–Kier alpha value is -1.02. The number of rotatable bonds is 3. The first kappa shape index (κ1) is 12.4. The van der Waals surface area contributed by atoms with Gasteiger partial charge in [-0.2, -0.15) is 0 Å². The van der Waals surface area contributed by atoms with Crippen molar-refractivity contribution >= 4 is 33.7 Å². The first-order valence-corrected chi connectivity index (χ1v) is 7.38. The number of nitrogens with zero attached hydrogens (tertiary/aromatic N) is 4. The number of alkyl halides is 1. The van der Waals surface area contributed by atoms with Crippen LogP contribution < -0.4 is 0 Å². The van der Waals surface area contributed by atoms with E-state index in [4.69, 9.17) is 11.6 Å². The van der Waals surface area contributed by atoms with Gasteiger partial charge < -0.3 is 0 Å². The van der Waals surface area contributed by atoms with Crippen LogP contribution in [0.5, 0.6) is 0 Å². The molecule has 1 fully saturated rings. The summed E-state index contributed by atoms with van der Waals surface area (Å²) < 4.78 is 22.8. The van der Waals surface area contributed by atoms with Crippen molar-refractivity contribution in [1.29, 1.82) is 0 Å². The van der Waals surface area contributed by atoms with Crippen molar-refractivity contribution in [2.45, 2.75) is 18.8 Å². The summed E-state index contributed by atoms with van der Waals surface area (Å²) in [6.07, 6.45) is 0.870.